The fourth-order valence-corrected chi connectivity index (χ4v) is 4.16. The Morgan fingerprint density at radius 1 is 1.03 bits per heavy atom. The third kappa shape index (κ3) is 4.46. The van der Waals surface area contributed by atoms with Crippen LogP contribution in [0.25, 0.3) is 5.65 Å². The summed E-state index contributed by atoms with van der Waals surface area (Å²) in [6, 6.07) is 11.9. The third-order valence-corrected chi connectivity index (χ3v) is 6.02. The molecule has 0 bridgehead atoms. The van der Waals surface area contributed by atoms with Crippen molar-refractivity contribution < 1.29 is 9.53 Å². The summed E-state index contributed by atoms with van der Waals surface area (Å²) in [5, 5.41) is 13.2. The number of fused-ring (bicyclic) bond motifs is 1. The van der Waals surface area contributed by atoms with Crippen LogP contribution in [0.1, 0.15) is 26.1 Å². The summed E-state index contributed by atoms with van der Waals surface area (Å²) in [5.41, 5.74) is 1.78. The SMILES string of the molecule is CCN(CC)c1ccc2nnc(CCC(=O)N3CCN(c4ccccc4OC)CC3)n2n1. The maximum absolute atomic E-state index is 12.9. The lowest BCUT2D eigenvalue weighted by atomic mass is 10.2. The van der Waals surface area contributed by atoms with Crippen LogP contribution in [0.4, 0.5) is 11.5 Å². The van der Waals surface area contributed by atoms with E-state index in [0.717, 1.165) is 49.3 Å². The second-order valence-corrected chi connectivity index (χ2v) is 7.79. The molecular formula is C23H31N7O2. The van der Waals surface area contributed by atoms with Gasteiger partial charge in [0.25, 0.3) is 0 Å². The Bertz CT molecular complexity index is 1060. The maximum atomic E-state index is 12.9. The van der Waals surface area contributed by atoms with E-state index in [-0.39, 0.29) is 5.91 Å². The van der Waals surface area contributed by atoms with Gasteiger partial charge in [-0.15, -0.1) is 15.3 Å². The molecule has 9 nitrogen and oxygen atoms in total. The molecule has 1 aliphatic heterocycles. The lowest BCUT2D eigenvalue weighted by molar-refractivity contribution is -0.131. The molecule has 2 aromatic heterocycles. The van der Waals surface area contributed by atoms with Gasteiger partial charge in [-0.1, -0.05) is 12.1 Å². The van der Waals surface area contributed by atoms with Gasteiger partial charge in [0.2, 0.25) is 5.91 Å². The van der Waals surface area contributed by atoms with E-state index in [9.17, 15) is 4.79 Å². The number of benzene rings is 1. The summed E-state index contributed by atoms with van der Waals surface area (Å²) in [4.78, 5) is 19.2. The zero-order chi connectivity index (χ0) is 22.5. The number of hydrogen-bond acceptors (Lipinski definition) is 7. The summed E-state index contributed by atoms with van der Waals surface area (Å²) >= 11 is 0. The van der Waals surface area contributed by atoms with Crippen LogP contribution in [-0.2, 0) is 11.2 Å². The van der Waals surface area contributed by atoms with Crippen LogP contribution in [0, 0.1) is 0 Å². The molecule has 1 fully saturated rings. The van der Waals surface area contributed by atoms with Gasteiger partial charge in [-0.05, 0) is 38.1 Å². The van der Waals surface area contributed by atoms with Gasteiger partial charge < -0.3 is 19.4 Å². The predicted octanol–water partition coefficient (Wildman–Crippen LogP) is 2.26. The summed E-state index contributed by atoms with van der Waals surface area (Å²) in [5.74, 6) is 2.61. The molecule has 0 N–H and O–H groups in total. The number of carbonyl (C=O) groups is 1. The Morgan fingerprint density at radius 3 is 2.50 bits per heavy atom. The first-order valence-corrected chi connectivity index (χ1v) is 11.3. The van der Waals surface area contributed by atoms with Crippen molar-refractivity contribution in [3.8, 4) is 5.75 Å². The Kier molecular flexibility index (Phi) is 6.72. The van der Waals surface area contributed by atoms with Crippen molar-refractivity contribution >= 4 is 23.1 Å². The largest absolute Gasteiger partial charge is 0.495 e. The van der Waals surface area contributed by atoms with Gasteiger partial charge in [-0.2, -0.15) is 4.52 Å². The van der Waals surface area contributed by atoms with Crippen LogP contribution in [0.3, 0.4) is 0 Å². The van der Waals surface area contributed by atoms with Gasteiger partial charge in [0.05, 0.1) is 12.8 Å². The zero-order valence-corrected chi connectivity index (χ0v) is 19.1. The fourth-order valence-electron chi connectivity index (χ4n) is 4.16. The number of aryl methyl sites for hydroxylation is 1. The highest BCUT2D eigenvalue weighted by atomic mass is 16.5. The summed E-state index contributed by atoms with van der Waals surface area (Å²) in [6.45, 7) is 8.94. The summed E-state index contributed by atoms with van der Waals surface area (Å²) in [7, 11) is 1.69. The molecule has 170 valence electrons. The molecule has 1 aromatic carbocycles. The van der Waals surface area contributed by atoms with Crippen LogP contribution in [0.15, 0.2) is 36.4 Å². The van der Waals surface area contributed by atoms with E-state index in [0.29, 0.717) is 31.6 Å². The van der Waals surface area contributed by atoms with E-state index in [1.165, 1.54) is 0 Å². The first kappa shape index (κ1) is 21.9. The molecule has 1 aliphatic rings. The topological polar surface area (TPSA) is 79.1 Å². The Morgan fingerprint density at radius 2 is 1.78 bits per heavy atom. The Balaban J connectivity index is 1.36. The number of amides is 1. The minimum atomic E-state index is 0.140. The lowest BCUT2D eigenvalue weighted by Gasteiger charge is -2.36. The average molecular weight is 438 g/mol. The van der Waals surface area contributed by atoms with Crippen LogP contribution in [-0.4, -0.2) is 77.0 Å². The minimum absolute atomic E-state index is 0.140. The van der Waals surface area contributed by atoms with E-state index < -0.39 is 0 Å². The molecule has 0 aliphatic carbocycles. The van der Waals surface area contributed by atoms with E-state index in [1.807, 2.05) is 35.2 Å². The number of nitrogens with zero attached hydrogens (tertiary/aromatic N) is 7. The average Bonchev–Trinajstić information content (AvgIpc) is 3.25. The fraction of sp³-hybridized carbons (Fsp3) is 0.478. The van der Waals surface area contributed by atoms with Crippen LogP contribution in [0.2, 0.25) is 0 Å². The summed E-state index contributed by atoms with van der Waals surface area (Å²) in [6.07, 6.45) is 0.911. The Labute approximate surface area is 188 Å². The highest BCUT2D eigenvalue weighted by molar-refractivity contribution is 5.77. The van der Waals surface area contributed by atoms with Crippen LogP contribution >= 0.6 is 0 Å². The Hall–Kier alpha value is -3.36. The standard InChI is InChI=1S/C23H31N7O2/c1-4-27(5-2)22-11-10-20-24-25-21(30(20)26-22)12-13-23(31)29-16-14-28(15-17-29)18-8-6-7-9-19(18)32-3/h6-11H,4-5,12-17H2,1-3H3. The van der Waals surface area contributed by atoms with Crippen molar-refractivity contribution in [1.82, 2.24) is 24.7 Å². The number of hydrogen-bond donors (Lipinski definition) is 0. The predicted molar refractivity (Wildman–Crippen MR) is 124 cm³/mol. The molecular weight excluding hydrogens is 406 g/mol. The number of piperazine rings is 1. The molecule has 3 heterocycles. The van der Waals surface area contributed by atoms with Gasteiger partial charge in [0, 0.05) is 52.1 Å². The second kappa shape index (κ2) is 9.84. The number of para-hydroxylation sites is 2. The van der Waals surface area contributed by atoms with Crippen molar-refractivity contribution in [2.24, 2.45) is 0 Å². The number of anilines is 2. The highest BCUT2D eigenvalue weighted by Crippen LogP contribution is 2.28. The molecule has 0 spiro atoms. The van der Waals surface area contributed by atoms with Crippen LogP contribution < -0.4 is 14.5 Å². The molecule has 0 saturated carbocycles. The first-order valence-electron chi connectivity index (χ1n) is 11.3. The monoisotopic (exact) mass is 437 g/mol. The van der Waals surface area contributed by atoms with Crippen molar-refractivity contribution in [3.05, 3.63) is 42.2 Å². The molecule has 3 aromatic rings. The van der Waals surface area contributed by atoms with Crippen molar-refractivity contribution in [2.45, 2.75) is 26.7 Å². The van der Waals surface area contributed by atoms with Gasteiger partial charge in [-0.3, -0.25) is 4.79 Å². The number of aromatic nitrogens is 4. The number of carbonyl (C=O) groups excluding carboxylic acids is 1. The summed E-state index contributed by atoms with van der Waals surface area (Å²) < 4.78 is 7.24. The van der Waals surface area contributed by atoms with E-state index in [2.05, 4.69) is 39.9 Å². The van der Waals surface area contributed by atoms with E-state index in [1.54, 1.807) is 11.6 Å². The lowest BCUT2D eigenvalue weighted by Crippen LogP contribution is -2.49. The normalized spacial score (nSPS) is 14.1. The van der Waals surface area contributed by atoms with Gasteiger partial charge in [-0.25, -0.2) is 0 Å². The van der Waals surface area contributed by atoms with E-state index in [4.69, 9.17) is 9.84 Å². The first-order chi connectivity index (χ1) is 15.6. The molecule has 4 rings (SSSR count). The highest BCUT2D eigenvalue weighted by Gasteiger charge is 2.23. The molecule has 0 atom stereocenters. The van der Waals surface area contributed by atoms with Crippen molar-refractivity contribution in [2.75, 3.05) is 56.2 Å². The third-order valence-electron chi connectivity index (χ3n) is 6.02. The van der Waals surface area contributed by atoms with Gasteiger partial charge >= 0.3 is 0 Å². The smallest absolute Gasteiger partial charge is 0.223 e. The maximum Gasteiger partial charge on any atom is 0.223 e. The molecule has 32 heavy (non-hydrogen) atoms. The van der Waals surface area contributed by atoms with Crippen LogP contribution in [0.5, 0.6) is 5.75 Å². The second-order valence-electron chi connectivity index (χ2n) is 7.79. The van der Waals surface area contributed by atoms with Gasteiger partial charge in [0.1, 0.15) is 11.6 Å². The van der Waals surface area contributed by atoms with Crippen molar-refractivity contribution in [3.63, 3.8) is 0 Å². The molecule has 9 heteroatoms. The minimum Gasteiger partial charge on any atom is -0.495 e. The molecule has 0 unspecified atom stereocenters. The van der Waals surface area contributed by atoms with E-state index >= 15 is 0 Å². The molecule has 1 saturated heterocycles. The van der Waals surface area contributed by atoms with Gasteiger partial charge in [0.15, 0.2) is 11.5 Å². The number of rotatable bonds is 8. The quantitative estimate of drug-likeness (QED) is 0.535. The number of methoxy groups -OCH3 is 1. The molecule has 0 radical (unpaired) electrons. The van der Waals surface area contributed by atoms with Crippen molar-refractivity contribution in [1.29, 1.82) is 0 Å². The zero-order valence-electron chi connectivity index (χ0n) is 19.1. The molecule has 1 amide bonds. The number of ether oxygens (including phenoxy) is 1.